The standard InChI is InChI=1S/C34H34N4O4.Fe/c1-7-21-17(3)25-13-26-19(5)23(9-11-33(39)40)31(37-26)16-32-24(10-12-34(41)42)20(6)28(38-32)15-30-22(8-2)18(4)27(36-30)14-29(21)35-25;/h7-8,13-16H,1-2,9-12H2,3-6H3,(H4,35,36,37,38,39,40,41,42);/q;+2/p-4. The molecule has 0 N–H and O–H groups in total. The van der Waals surface area contributed by atoms with Crippen molar-refractivity contribution in [2.24, 2.45) is 0 Å². The fourth-order valence-corrected chi connectivity index (χ4v) is 5.60. The number of allylic oxidation sites excluding steroid dienone is 5. The summed E-state index contributed by atoms with van der Waals surface area (Å²) in [6.45, 7) is 15.8. The molecule has 5 heterocycles. The zero-order chi connectivity index (χ0) is 30.3. The Morgan fingerprint density at radius 1 is 0.721 bits per heavy atom. The predicted molar refractivity (Wildman–Crippen MR) is 161 cm³/mol. The number of carbonyl (C=O) groups is 2. The number of hydrogen-bond donors (Lipinski definition) is 0. The van der Waals surface area contributed by atoms with E-state index in [0.717, 1.165) is 61.3 Å². The van der Waals surface area contributed by atoms with E-state index in [1.54, 1.807) is 18.2 Å². The Balaban J connectivity index is 0.00000423. The Bertz CT molecular complexity index is 1920. The molecular weight excluding hydrogens is 584 g/mol. The van der Waals surface area contributed by atoms with Crippen molar-refractivity contribution in [3.05, 3.63) is 88.5 Å². The molecule has 0 atom stereocenters. The zero-order valence-electron chi connectivity index (χ0n) is 24.5. The van der Waals surface area contributed by atoms with E-state index in [0.29, 0.717) is 28.1 Å². The summed E-state index contributed by atoms with van der Waals surface area (Å²) >= 11 is 0. The number of carboxylic acid groups (broad SMARTS) is 2. The van der Waals surface area contributed by atoms with Crippen molar-refractivity contribution in [1.29, 1.82) is 0 Å². The third kappa shape index (κ3) is 5.91. The molecule has 8 bridgehead atoms. The van der Waals surface area contributed by atoms with E-state index in [1.165, 1.54) is 0 Å². The molecule has 2 aliphatic heterocycles. The maximum Gasteiger partial charge on any atom is 2.00 e. The number of hydrogen-bond acceptors (Lipinski definition) is 6. The van der Waals surface area contributed by atoms with E-state index >= 15 is 0 Å². The van der Waals surface area contributed by atoms with Crippen molar-refractivity contribution in [3.63, 3.8) is 0 Å². The maximum atomic E-state index is 11.4. The number of aliphatic carboxylic acids is 2. The molecule has 0 aliphatic carbocycles. The van der Waals surface area contributed by atoms with Gasteiger partial charge < -0.3 is 29.8 Å². The van der Waals surface area contributed by atoms with Crippen LogP contribution in [0.1, 0.15) is 78.1 Å². The largest absolute Gasteiger partial charge is 2.00 e. The topological polar surface area (TPSA) is 134 Å². The fourth-order valence-electron chi connectivity index (χ4n) is 5.60. The first-order valence-corrected chi connectivity index (χ1v) is 13.7. The van der Waals surface area contributed by atoms with Gasteiger partial charge in [0.25, 0.3) is 0 Å². The second-order valence-corrected chi connectivity index (χ2v) is 10.5. The number of aromatic nitrogens is 4. The number of carboxylic acids is 2. The van der Waals surface area contributed by atoms with Crippen LogP contribution in [0.15, 0.2) is 43.5 Å². The summed E-state index contributed by atoms with van der Waals surface area (Å²) < 4.78 is 0. The number of carbonyl (C=O) groups excluding carboxylic acids is 2. The number of nitrogens with zero attached hydrogens (tertiary/aromatic N) is 4. The minimum atomic E-state index is -1.16. The van der Waals surface area contributed by atoms with Crippen LogP contribution in [0, 0.1) is 13.8 Å². The van der Waals surface area contributed by atoms with E-state index in [4.69, 9.17) is 19.9 Å². The molecule has 3 aromatic heterocycles. The molecule has 0 aromatic carbocycles. The summed E-state index contributed by atoms with van der Waals surface area (Å²) in [7, 11) is 0. The number of fused-ring (bicyclic) bond motifs is 8. The van der Waals surface area contributed by atoms with Gasteiger partial charge in [-0.2, -0.15) is 0 Å². The van der Waals surface area contributed by atoms with Crippen molar-refractivity contribution in [2.75, 3.05) is 0 Å². The first-order valence-electron chi connectivity index (χ1n) is 13.7. The molecule has 8 nitrogen and oxygen atoms in total. The van der Waals surface area contributed by atoms with Crippen molar-refractivity contribution in [3.8, 4) is 0 Å². The van der Waals surface area contributed by atoms with Gasteiger partial charge in [-0.3, -0.25) is 0 Å². The van der Waals surface area contributed by atoms with Gasteiger partial charge in [0.15, 0.2) is 0 Å². The molecule has 3 aromatic rings. The molecule has 0 spiro atoms. The van der Waals surface area contributed by atoms with Crippen molar-refractivity contribution >= 4 is 62.4 Å². The Kier molecular flexibility index (Phi) is 9.09. The average Bonchev–Trinajstić information content (AvgIpc) is 3.59. The summed E-state index contributed by atoms with van der Waals surface area (Å²) in [6, 6.07) is 7.52. The SMILES string of the molecule is C=CC1=C(C)c2cc3[n-]c(cc4nc(cc5[n-]c(cc1n2)c(C)c5CCC(=O)[O-])C(CCC(=O)[O-])=C4C)c(C)c3C=C.[Fe+2]. The van der Waals surface area contributed by atoms with Gasteiger partial charge in [-0.05, 0) is 75.7 Å². The van der Waals surface area contributed by atoms with Crippen LogP contribution in [0.3, 0.4) is 0 Å². The monoisotopic (exact) mass is 614 g/mol. The van der Waals surface area contributed by atoms with Crippen LogP contribution >= 0.6 is 0 Å². The van der Waals surface area contributed by atoms with Crippen LogP contribution in [0.25, 0.3) is 50.4 Å². The van der Waals surface area contributed by atoms with Crippen LogP contribution in [0.4, 0.5) is 0 Å². The summed E-state index contributed by atoms with van der Waals surface area (Å²) in [5.41, 5.74) is 12.2. The van der Waals surface area contributed by atoms with E-state index in [2.05, 4.69) is 13.2 Å². The molecule has 2 aliphatic rings. The van der Waals surface area contributed by atoms with E-state index in [1.807, 2.05) is 45.9 Å². The fraction of sp³-hybridized carbons (Fsp3) is 0.235. The van der Waals surface area contributed by atoms with Crippen LogP contribution in [-0.4, -0.2) is 21.9 Å². The molecule has 0 saturated carbocycles. The first-order chi connectivity index (χ1) is 20.0. The molecule has 0 saturated heterocycles. The second-order valence-electron chi connectivity index (χ2n) is 10.5. The third-order valence-electron chi connectivity index (χ3n) is 8.04. The second kappa shape index (κ2) is 12.4. The predicted octanol–water partition coefficient (Wildman–Crippen LogP) is 4.09. The Labute approximate surface area is 260 Å². The van der Waals surface area contributed by atoms with Crippen molar-refractivity contribution in [1.82, 2.24) is 19.9 Å². The molecule has 0 radical (unpaired) electrons. The zero-order valence-corrected chi connectivity index (χ0v) is 25.6. The quantitative estimate of drug-likeness (QED) is 0.347. The Morgan fingerprint density at radius 2 is 1.26 bits per heavy atom. The van der Waals surface area contributed by atoms with E-state index in [9.17, 15) is 19.8 Å². The number of rotatable bonds is 8. The van der Waals surface area contributed by atoms with Gasteiger partial charge in [0, 0.05) is 17.5 Å². The van der Waals surface area contributed by atoms with Crippen molar-refractivity contribution < 1.29 is 36.9 Å². The van der Waals surface area contributed by atoms with Crippen LogP contribution in [0.2, 0.25) is 0 Å². The Hall–Kier alpha value is -4.46. The van der Waals surface area contributed by atoms with Gasteiger partial charge in [-0.25, -0.2) is 9.97 Å². The maximum absolute atomic E-state index is 11.4. The first kappa shape index (κ1) is 31.5. The van der Waals surface area contributed by atoms with Crippen LogP contribution in [-0.2, 0) is 33.1 Å². The average molecular weight is 614 g/mol. The van der Waals surface area contributed by atoms with Gasteiger partial charge >= 0.3 is 17.1 Å². The summed E-state index contributed by atoms with van der Waals surface area (Å²) in [5, 5.41) is 22.8. The van der Waals surface area contributed by atoms with Gasteiger partial charge in [-0.1, -0.05) is 66.3 Å². The molecule has 0 unspecified atom stereocenters. The molecule has 5 rings (SSSR count). The summed E-state index contributed by atoms with van der Waals surface area (Å²) in [6.07, 6.45) is 3.65. The van der Waals surface area contributed by atoms with Gasteiger partial charge in [0.2, 0.25) is 0 Å². The van der Waals surface area contributed by atoms with E-state index in [-0.39, 0.29) is 42.8 Å². The summed E-state index contributed by atoms with van der Waals surface area (Å²) in [4.78, 5) is 42.4. The molecule has 43 heavy (non-hydrogen) atoms. The van der Waals surface area contributed by atoms with Gasteiger partial charge in [0.05, 0.1) is 22.8 Å². The van der Waals surface area contributed by atoms with Crippen LogP contribution < -0.4 is 20.2 Å². The minimum Gasteiger partial charge on any atom is -0.657 e. The summed E-state index contributed by atoms with van der Waals surface area (Å²) in [5.74, 6) is -2.31. The molecule has 0 fully saturated rings. The normalized spacial score (nSPS) is 12.7. The Morgan fingerprint density at radius 3 is 1.91 bits per heavy atom. The van der Waals surface area contributed by atoms with E-state index < -0.39 is 11.9 Å². The van der Waals surface area contributed by atoms with Crippen molar-refractivity contribution in [2.45, 2.75) is 53.4 Å². The van der Waals surface area contributed by atoms with Crippen LogP contribution in [0.5, 0.6) is 0 Å². The van der Waals surface area contributed by atoms with Gasteiger partial charge in [0.1, 0.15) is 0 Å². The smallest absolute Gasteiger partial charge is 0.657 e. The molecule has 220 valence electrons. The molecular formula is C34H30FeN4O4-2. The minimum absolute atomic E-state index is 0. The third-order valence-corrected chi connectivity index (χ3v) is 8.04. The molecule has 0 amide bonds. The molecule has 9 heteroatoms. The number of aryl methyl sites for hydroxylation is 3. The van der Waals surface area contributed by atoms with Gasteiger partial charge in [-0.15, -0.1) is 22.1 Å².